The highest BCUT2D eigenvalue weighted by Crippen LogP contribution is 2.24. The summed E-state index contributed by atoms with van der Waals surface area (Å²) < 4.78 is 0. The number of piperazine rings is 2. The molecule has 3 amide bonds. The molecule has 164 valence electrons. The first kappa shape index (κ1) is 22.3. The van der Waals surface area contributed by atoms with Crippen LogP contribution in [-0.4, -0.2) is 54.1 Å². The first-order valence-corrected chi connectivity index (χ1v) is 10.2. The van der Waals surface area contributed by atoms with Crippen LogP contribution >= 0.6 is 0 Å². The summed E-state index contributed by atoms with van der Waals surface area (Å²) in [6, 6.07) is 19.2. The SMILES string of the molecule is CC1(c2ccccc2)NC(=O)CNC1=O.C[C@@]1(c2ccccc2)CN(C(=O)O)CCN1. The van der Waals surface area contributed by atoms with Crippen LogP contribution in [0.3, 0.4) is 0 Å². The van der Waals surface area contributed by atoms with Crippen molar-refractivity contribution in [2.45, 2.75) is 24.9 Å². The summed E-state index contributed by atoms with van der Waals surface area (Å²) in [6.07, 6.45) is -0.844. The lowest BCUT2D eigenvalue weighted by Crippen LogP contribution is -2.61. The van der Waals surface area contributed by atoms with E-state index < -0.39 is 11.6 Å². The molecule has 2 aromatic rings. The van der Waals surface area contributed by atoms with E-state index in [2.05, 4.69) is 16.0 Å². The van der Waals surface area contributed by atoms with E-state index in [4.69, 9.17) is 5.11 Å². The third kappa shape index (κ3) is 5.03. The van der Waals surface area contributed by atoms with Gasteiger partial charge in [-0.25, -0.2) is 4.79 Å². The lowest BCUT2D eigenvalue weighted by molar-refractivity contribution is -0.138. The molecule has 2 aliphatic rings. The Bertz CT molecular complexity index is 937. The molecule has 0 bridgehead atoms. The molecule has 2 heterocycles. The zero-order valence-corrected chi connectivity index (χ0v) is 17.7. The van der Waals surface area contributed by atoms with Gasteiger partial charge in [-0.2, -0.15) is 0 Å². The first-order chi connectivity index (χ1) is 14.7. The second-order valence-corrected chi connectivity index (χ2v) is 8.05. The smallest absolute Gasteiger partial charge is 0.407 e. The molecule has 8 nitrogen and oxygen atoms in total. The molecule has 2 aromatic carbocycles. The van der Waals surface area contributed by atoms with Crippen LogP contribution in [-0.2, 0) is 20.7 Å². The summed E-state index contributed by atoms with van der Waals surface area (Å²) in [5, 5.41) is 17.7. The summed E-state index contributed by atoms with van der Waals surface area (Å²) in [5.41, 5.74) is 0.686. The Morgan fingerprint density at radius 1 is 0.968 bits per heavy atom. The Morgan fingerprint density at radius 2 is 1.55 bits per heavy atom. The Labute approximate surface area is 181 Å². The molecule has 0 saturated carbocycles. The molecule has 2 saturated heterocycles. The lowest BCUT2D eigenvalue weighted by Gasteiger charge is -2.40. The van der Waals surface area contributed by atoms with Gasteiger partial charge in [0.15, 0.2) is 0 Å². The highest BCUT2D eigenvalue weighted by molar-refractivity contribution is 5.98. The number of amides is 3. The minimum absolute atomic E-state index is 0.0568. The molecule has 4 N–H and O–H groups in total. The molecule has 2 fully saturated rings. The minimum atomic E-state index is -0.948. The highest BCUT2D eigenvalue weighted by Gasteiger charge is 2.39. The van der Waals surface area contributed by atoms with Gasteiger partial charge in [0.2, 0.25) is 5.91 Å². The van der Waals surface area contributed by atoms with E-state index >= 15 is 0 Å². The van der Waals surface area contributed by atoms with E-state index in [1.165, 1.54) is 4.90 Å². The summed E-state index contributed by atoms with van der Waals surface area (Å²) in [6.45, 7) is 5.54. The van der Waals surface area contributed by atoms with E-state index in [-0.39, 0.29) is 23.9 Å². The van der Waals surface area contributed by atoms with Crippen LogP contribution in [0.2, 0.25) is 0 Å². The molecule has 4 rings (SSSR count). The summed E-state index contributed by atoms with van der Waals surface area (Å²) >= 11 is 0. The van der Waals surface area contributed by atoms with Crippen molar-refractivity contribution >= 4 is 17.9 Å². The third-order valence-electron chi connectivity index (χ3n) is 5.69. The van der Waals surface area contributed by atoms with Crippen molar-refractivity contribution < 1.29 is 19.5 Å². The molecular formula is C23H28N4O4. The molecule has 1 unspecified atom stereocenters. The van der Waals surface area contributed by atoms with Crippen LogP contribution in [0, 0.1) is 0 Å². The van der Waals surface area contributed by atoms with Gasteiger partial charge in [-0.1, -0.05) is 60.7 Å². The number of nitrogens with zero attached hydrogens (tertiary/aromatic N) is 1. The van der Waals surface area contributed by atoms with Crippen molar-refractivity contribution in [2.75, 3.05) is 26.2 Å². The van der Waals surface area contributed by atoms with Gasteiger partial charge in [-0.05, 0) is 25.0 Å². The number of carbonyl (C=O) groups excluding carboxylic acids is 2. The maximum absolute atomic E-state index is 11.7. The Kier molecular flexibility index (Phi) is 6.60. The Hall–Kier alpha value is -3.39. The number of carbonyl (C=O) groups is 3. The van der Waals surface area contributed by atoms with Gasteiger partial charge in [0.05, 0.1) is 12.1 Å². The number of benzene rings is 2. The van der Waals surface area contributed by atoms with Crippen molar-refractivity contribution in [3.63, 3.8) is 0 Å². The molecule has 0 aromatic heterocycles. The number of nitrogens with one attached hydrogen (secondary N) is 3. The van der Waals surface area contributed by atoms with Gasteiger partial charge in [0.25, 0.3) is 5.91 Å². The van der Waals surface area contributed by atoms with Crippen LogP contribution < -0.4 is 16.0 Å². The van der Waals surface area contributed by atoms with Crippen molar-refractivity contribution in [2.24, 2.45) is 0 Å². The van der Waals surface area contributed by atoms with Gasteiger partial charge in [0.1, 0.15) is 5.54 Å². The summed E-state index contributed by atoms with van der Waals surface area (Å²) in [4.78, 5) is 35.4. The second kappa shape index (κ2) is 9.18. The Balaban J connectivity index is 0.000000176. The predicted molar refractivity (Wildman–Crippen MR) is 116 cm³/mol. The van der Waals surface area contributed by atoms with E-state index in [0.717, 1.165) is 11.1 Å². The summed E-state index contributed by atoms with van der Waals surface area (Å²) in [7, 11) is 0. The van der Waals surface area contributed by atoms with Gasteiger partial charge in [0, 0.05) is 19.6 Å². The molecule has 2 atom stereocenters. The fraction of sp³-hybridized carbons (Fsp3) is 0.348. The standard InChI is InChI=1S/C12H16N2O2.C11H12N2O2/c1-12(10-5-3-2-4-6-10)9-14(11(15)16)8-7-13-12;1-11(8-5-3-2-4-6-8)10(15)12-7-9(14)13-11/h2-6,13H,7-9H2,1H3,(H,15,16);2-6H,7H2,1H3,(H,12,15)(H,13,14)/t12-;/m0./s1. The largest absolute Gasteiger partial charge is 0.465 e. The quantitative estimate of drug-likeness (QED) is 0.586. The number of hydrogen-bond donors (Lipinski definition) is 4. The zero-order valence-electron chi connectivity index (χ0n) is 17.7. The number of hydrogen-bond acceptors (Lipinski definition) is 4. The van der Waals surface area contributed by atoms with E-state index in [9.17, 15) is 14.4 Å². The van der Waals surface area contributed by atoms with Crippen molar-refractivity contribution in [3.05, 3.63) is 71.8 Å². The molecule has 31 heavy (non-hydrogen) atoms. The predicted octanol–water partition coefficient (Wildman–Crippen LogP) is 1.63. The van der Waals surface area contributed by atoms with Crippen molar-refractivity contribution in [1.82, 2.24) is 20.9 Å². The molecule has 0 spiro atoms. The van der Waals surface area contributed by atoms with Gasteiger partial charge in [-0.3, -0.25) is 9.59 Å². The maximum atomic E-state index is 11.7. The van der Waals surface area contributed by atoms with E-state index in [0.29, 0.717) is 19.6 Å². The lowest BCUT2D eigenvalue weighted by atomic mass is 9.89. The van der Waals surface area contributed by atoms with Gasteiger partial charge in [-0.15, -0.1) is 0 Å². The van der Waals surface area contributed by atoms with Crippen LogP contribution in [0.1, 0.15) is 25.0 Å². The molecule has 8 heteroatoms. The van der Waals surface area contributed by atoms with Crippen molar-refractivity contribution in [3.8, 4) is 0 Å². The fourth-order valence-electron chi connectivity index (χ4n) is 3.84. The zero-order chi connectivity index (χ0) is 22.5. The topological polar surface area (TPSA) is 111 Å². The normalized spacial score (nSPS) is 25.5. The maximum Gasteiger partial charge on any atom is 0.407 e. The highest BCUT2D eigenvalue weighted by atomic mass is 16.4. The number of rotatable bonds is 2. The van der Waals surface area contributed by atoms with E-state index in [1.807, 2.05) is 67.6 Å². The van der Waals surface area contributed by atoms with Crippen LogP contribution in [0.15, 0.2) is 60.7 Å². The average molecular weight is 425 g/mol. The van der Waals surface area contributed by atoms with Gasteiger partial charge >= 0.3 is 6.09 Å². The summed E-state index contributed by atoms with van der Waals surface area (Å²) in [5.74, 6) is -0.339. The average Bonchev–Trinajstić information content (AvgIpc) is 2.78. The fourth-order valence-corrected chi connectivity index (χ4v) is 3.84. The molecule has 0 radical (unpaired) electrons. The molecular weight excluding hydrogens is 396 g/mol. The van der Waals surface area contributed by atoms with Crippen molar-refractivity contribution in [1.29, 1.82) is 0 Å². The van der Waals surface area contributed by atoms with Crippen LogP contribution in [0.25, 0.3) is 0 Å². The van der Waals surface area contributed by atoms with E-state index in [1.54, 1.807) is 6.92 Å². The number of carboxylic acid groups (broad SMARTS) is 1. The Morgan fingerprint density at radius 3 is 2.13 bits per heavy atom. The van der Waals surface area contributed by atoms with Gasteiger partial charge < -0.3 is 26.0 Å². The first-order valence-electron chi connectivity index (χ1n) is 10.2. The minimum Gasteiger partial charge on any atom is -0.465 e. The second-order valence-electron chi connectivity index (χ2n) is 8.05. The van der Waals surface area contributed by atoms with Crippen LogP contribution in [0.5, 0.6) is 0 Å². The van der Waals surface area contributed by atoms with Crippen LogP contribution in [0.4, 0.5) is 4.79 Å². The third-order valence-corrected chi connectivity index (χ3v) is 5.69. The monoisotopic (exact) mass is 424 g/mol. The molecule has 0 aliphatic carbocycles. The molecule has 2 aliphatic heterocycles.